The number of halogens is 1. The minimum Gasteiger partial charge on any atom is -0.381 e. The van der Waals surface area contributed by atoms with Crippen LogP contribution in [0.5, 0.6) is 0 Å². The predicted octanol–water partition coefficient (Wildman–Crippen LogP) is 2.60. The zero-order valence-electron chi connectivity index (χ0n) is 10.9. The number of nitrogens with one attached hydrogen (secondary N) is 1. The lowest BCUT2D eigenvalue weighted by molar-refractivity contribution is 0.143. The molecule has 4 nitrogen and oxygen atoms in total. The minimum atomic E-state index is -3.46. The number of rotatable bonds is 3. The predicted molar refractivity (Wildman–Crippen MR) is 77.7 cm³/mol. The molecule has 2 rings (SSSR count). The van der Waals surface area contributed by atoms with E-state index in [1.165, 1.54) is 0 Å². The Morgan fingerprint density at radius 3 is 2.79 bits per heavy atom. The van der Waals surface area contributed by atoms with E-state index in [1.54, 1.807) is 12.1 Å². The summed E-state index contributed by atoms with van der Waals surface area (Å²) < 4.78 is 33.6. The lowest BCUT2D eigenvalue weighted by Crippen LogP contribution is -2.35. The monoisotopic (exact) mass is 347 g/mol. The van der Waals surface area contributed by atoms with Crippen LogP contribution in [-0.2, 0) is 14.8 Å². The molecular formula is C13H18BrNO3S. The molecule has 1 atom stereocenters. The third kappa shape index (κ3) is 4.27. The van der Waals surface area contributed by atoms with E-state index in [4.69, 9.17) is 4.74 Å². The van der Waals surface area contributed by atoms with Gasteiger partial charge in [-0.2, -0.15) is 0 Å². The smallest absolute Gasteiger partial charge is 0.240 e. The molecule has 0 aliphatic carbocycles. The molecule has 1 fully saturated rings. The normalized spacial score (nSPS) is 21.1. The summed E-state index contributed by atoms with van der Waals surface area (Å²) in [4.78, 5) is 0.310. The van der Waals surface area contributed by atoms with Crippen LogP contribution in [0.4, 0.5) is 0 Å². The van der Waals surface area contributed by atoms with Crippen LogP contribution < -0.4 is 4.72 Å². The first-order valence-electron chi connectivity index (χ1n) is 6.35. The molecule has 0 aromatic heterocycles. The molecular weight excluding hydrogens is 330 g/mol. The van der Waals surface area contributed by atoms with Crippen molar-refractivity contribution in [1.29, 1.82) is 0 Å². The van der Waals surface area contributed by atoms with Gasteiger partial charge in [0.05, 0.1) is 4.90 Å². The second-order valence-electron chi connectivity index (χ2n) is 4.83. The third-order valence-electron chi connectivity index (χ3n) is 3.10. The van der Waals surface area contributed by atoms with E-state index in [-0.39, 0.29) is 6.04 Å². The number of hydrogen-bond acceptors (Lipinski definition) is 3. The van der Waals surface area contributed by atoms with Gasteiger partial charge in [0.1, 0.15) is 0 Å². The second kappa shape index (κ2) is 6.35. The van der Waals surface area contributed by atoms with Gasteiger partial charge in [-0.3, -0.25) is 0 Å². The summed E-state index contributed by atoms with van der Waals surface area (Å²) in [5.74, 6) is 0. The topological polar surface area (TPSA) is 55.4 Å². The largest absolute Gasteiger partial charge is 0.381 e. The van der Waals surface area contributed by atoms with Crippen molar-refractivity contribution in [1.82, 2.24) is 4.72 Å². The fraction of sp³-hybridized carbons (Fsp3) is 0.538. The Kier molecular flexibility index (Phi) is 5.00. The van der Waals surface area contributed by atoms with E-state index in [2.05, 4.69) is 20.7 Å². The summed E-state index contributed by atoms with van der Waals surface area (Å²) in [6, 6.07) is 5.16. The van der Waals surface area contributed by atoms with Crippen molar-refractivity contribution in [3.63, 3.8) is 0 Å². The fourth-order valence-corrected chi connectivity index (χ4v) is 4.36. The summed E-state index contributed by atoms with van der Waals surface area (Å²) in [6.45, 7) is 3.21. The molecule has 1 aliphatic rings. The average molecular weight is 348 g/mol. The van der Waals surface area contributed by atoms with E-state index in [0.29, 0.717) is 18.1 Å². The van der Waals surface area contributed by atoms with Gasteiger partial charge in [0.2, 0.25) is 10.0 Å². The number of hydrogen-bond donors (Lipinski definition) is 1. The quantitative estimate of drug-likeness (QED) is 0.914. The van der Waals surface area contributed by atoms with Gasteiger partial charge in [-0.15, -0.1) is 0 Å². The number of aryl methyl sites for hydroxylation is 1. The minimum absolute atomic E-state index is 0.0354. The molecule has 0 saturated carbocycles. The molecule has 0 amide bonds. The van der Waals surface area contributed by atoms with Crippen molar-refractivity contribution >= 4 is 26.0 Å². The Balaban J connectivity index is 2.17. The van der Waals surface area contributed by atoms with Crippen LogP contribution in [0.1, 0.15) is 24.8 Å². The van der Waals surface area contributed by atoms with Gasteiger partial charge in [0.15, 0.2) is 0 Å². The molecule has 0 spiro atoms. The maximum absolute atomic E-state index is 12.3. The maximum Gasteiger partial charge on any atom is 0.240 e. The molecule has 1 heterocycles. The Labute approximate surface area is 122 Å². The van der Waals surface area contributed by atoms with E-state index >= 15 is 0 Å². The summed E-state index contributed by atoms with van der Waals surface area (Å²) in [7, 11) is -3.46. The number of ether oxygens (including phenoxy) is 1. The van der Waals surface area contributed by atoms with Crippen LogP contribution in [-0.4, -0.2) is 27.7 Å². The molecule has 106 valence electrons. The molecule has 0 radical (unpaired) electrons. The first kappa shape index (κ1) is 15.0. The van der Waals surface area contributed by atoms with Crippen molar-refractivity contribution in [2.24, 2.45) is 0 Å². The molecule has 1 N–H and O–H groups in total. The lowest BCUT2D eigenvalue weighted by Gasteiger charge is -2.16. The van der Waals surface area contributed by atoms with Crippen LogP contribution in [0.25, 0.3) is 0 Å². The zero-order valence-corrected chi connectivity index (χ0v) is 13.3. The second-order valence-corrected chi connectivity index (χ2v) is 7.46. The van der Waals surface area contributed by atoms with E-state index in [1.807, 2.05) is 13.0 Å². The van der Waals surface area contributed by atoms with Crippen LogP contribution in [0.2, 0.25) is 0 Å². The van der Waals surface area contributed by atoms with Crippen LogP contribution >= 0.6 is 15.9 Å². The summed E-state index contributed by atoms with van der Waals surface area (Å²) in [5, 5.41) is 0. The van der Waals surface area contributed by atoms with E-state index in [9.17, 15) is 8.42 Å². The Morgan fingerprint density at radius 2 is 2.05 bits per heavy atom. The number of sulfonamides is 1. The molecule has 19 heavy (non-hydrogen) atoms. The van der Waals surface area contributed by atoms with Crippen molar-refractivity contribution in [3.8, 4) is 0 Å². The van der Waals surface area contributed by atoms with Crippen LogP contribution in [0.15, 0.2) is 27.6 Å². The van der Waals surface area contributed by atoms with Gasteiger partial charge in [0, 0.05) is 23.7 Å². The van der Waals surface area contributed by atoms with Gasteiger partial charge in [-0.1, -0.05) is 15.9 Å². The molecule has 0 unspecified atom stereocenters. The number of benzene rings is 1. The first-order valence-corrected chi connectivity index (χ1v) is 8.62. The average Bonchev–Trinajstić information content (AvgIpc) is 2.55. The molecule has 1 aliphatic heterocycles. The van der Waals surface area contributed by atoms with E-state index in [0.717, 1.165) is 29.3 Å². The highest BCUT2D eigenvalue weighted by molar-refractivity contribution is 9.10. The zero-order chi connectivity index (χ0) is 13.9. The third-order valence-corrected chi connectivity index (χ3v) is 5.06. The van der Waals surface area contributed by atoms with Crippen molar-refractivity contribution in [2.45, 2.75) is 37.1 Å². The van der Waals surface area contributed by atoms with Crippen LogP contribution in [0.3, 0.4) is 0 Å². The van der Waals surface area contributed by atoms with Gasteiger partial charge in [0.25, 0.3) is 0 Å². The SMILES string of the molecule is Cc1cc(Br)cc(S(=O)(=O)N[C@@H]2CCCOCC2)c1. The van der Waals surface area contributed by atoms with Crippen molar-refractivity contribution < 1.29 is 13.2 Å². The standard InChI is InChI=1S/C13H18BrNO3S/c1-10-7-11(14)9-13(8-10)19(16,17)15-12-3-2-5-18-6-4-12/h7-9,12,15H,2-6H2,1H3/t12-/m1/s1. The Morgan fingerprint density at radius 1 is 1.26 bits per heavy atom. The Hall–Kier alpha value is -0.430. The summed E-state index contributed by atoms with van der Waals surface area (Å²) in [6.07, 6.45) is 2.45. The van der Waals surface area contributed by atoms with Gasteiger partial charge >= 0.3 is 0 Å². The van der Waals surface area contributed by atoms with Gasteiger partial charge < -0.3 is 4.74 Å². The van der Waals surface area contributed by atoms with Crippen LogP contribution in [0, 0.1) is 6.92 Å². The highest BCUT2D eigenvalue weighted by Crippen LogP contribution is 2.20. The van der Waals surface area contributed by atoms with Crippen molar-refractivity contribution in [2.75, 3.05) is 13.2 Å². The molecule has 6 heteroatoms. The first-order chi connectivity index (χ1) is 8.97. The fourth-order valence-electron chi connectivity index (χ4n) is 2.17. The van der Waals surface area contributed by atoms with E-state index < -0.39 is 10.0 Å². The lowest BCUT2D eigenvalue weighted by atomic mass is 10.1. The highest BCUT2D eigenvalue weighted by atomic mass is 79.9. The Bertz CT molecular complexity index is 517. The summed E-state index contributed by atoms with van der Waals surface area (Å²) >= 11 is 3.33. The molecule has 0 bridgehead atoms. The van der Waals surface area contributed by atoms with Crippen molar-refractivity contribution in [3.05, 3.63) is 28.2 Å². The maximum atomic E-state index is 12.3. The van der Waals surface area contributed by atoms with Gasteiger partial charge in [-0.05, 0) is 49.9 Å². The molecule has 1 aromatic carbocycles. The summed E-state index contributed by atoms with van der Waals surface area (Å²) in [5.41, 5.74) is 0.916. The molecule has 1 saturated heterocycles. The highest BCUT2D eigenvalue weighted by Gasteiger charge is 2.21. The van der Waals surface area contributed by atoms with Gasteiger partial charge in [-0.25, -0.2) is 13.1 Å². The molecule has 1 aromatic rings.